The van der Waals surface area contributed by atoms with Crippen molar-refractivity contribution in [2.45, 2.75) is 25.3 Å². The number of nitrogens with one attached hydrogen (secondary N) is 1. The highest BCUT2D eigenvalue weighted by Crippen LogP contribution is 2.19. The van der Waals surface area contributed by atoms with Crippen LogP contribution in [0.15, 0.2) is 95.9 Å². The number of anilines is 1. The van der Waals surface area contributed by atoms with Gasteiger partial charge in [-0.15, -0.1) is 0 Å². The second-order valence-electron chi connectivity index (χ2n) is 7.92. The molecule has 176 valence electrons. The molecule has 0 aliphatic heterocycles. The van der Waals surface area contributed by atoms with Crippen LogP contribution in [-0.4, -0.2) is 18.5 Å². The monoisotopic (exact) mass is 484 g/mol. The predicted molar refractivity (Wildman–Crippen MR) is 136 cm³/mol. The summed E-state index contributed by atoms with van der Waals surface area (Å²) in [5, 5.41) is 2.68. The van der Waals surface area contributed by atoms with Crippen molar-refractivity contribution in [1.29, 1.82) is 0 Å². The van der Waals surface area contributed by atoms with Crippen molar-refractivity contribution < 1.29 is 17.9 Å². The smallest absolute Gasteiger partial charge is 0.411 e. The normalized spacial score (nSPS) is 10.8. The number of hydrogen-bond donors (Lipinski definition) is 1. The highest BCUT2D eigenvalue weighted by atomic mass is 32.2. The summed E-state index contributed by atoms with van der Waals surface area (Å²) in [7, 11) is -3.65. The Kier molecular flexibility index (Phi) is 7.04. The average molecular weight is 485 g/mol. The molecule has 1 heterocycles. The van der Waals surface area contributed by atoms with E-state index < -0.39 is 16.1 Å². The molecule has 1 aromatic heterocycles. The van der Waals surface area contributed by atoms with Gasteiger partial charge in [-0.3, -0.25) is 5.32 Å². The zero-order chi connectivity index (χ0) is 24.8. The molecule has 3 aromatic carbocycles. The summed E-state index contributed by atoms with van der Waals surface area (Å²) in [6.45, 7) is 3.72. The lowest BCUT2D eigenvalue weighted by Crippen LogP contribution is -2.15. The van der Waals surface area contributed by atoms with Crippen molar-refractivity contribution in [2.75, 3.05) is 5.32 Å². The standard InChI is InChI=1S/C28H24N2O4S/c1-21-8-9-22(2)30(21)35(32,33)27-18-14-24(15-19-27)11-10-23-12-16-26(17-13-23)29-28(31)34-20-25-6-4-3-5-7-25/h3-9,12-19H,20H2,1-2H3,(H,29,31). The van der Waals surface area contributed by atoms with E-state index in [1.807, 2.05) is 30.3 Å². The Hall–Kier alpha value is -4.28. The van der Waals surface area contributed by atoms with E-state index in [4.69, 9.17) is 4.74 Å². The Morgan fingerprint density at radius 3 is 1.91 bits per heavy atom. The zero-order valence-corrected chi connectivity index (χ0v) is 20.2. The van der Waals surface area contributed by atoms with Crippen molar-refractivity contribution in [3.8, 4) is 11.8 Å². The van der Waals surface area contributed by atoms with Crippen molar-refractivity contribution in [3.05, 3.63) is 119 Å². The first-order chi connectivity index (χ1) is 16.8. The molecule has 0 aliphatic rings. The lowest BCUT2D eigenvalue weighted by Gasteiger charge is -2.10. The highest BCUT2D eigenvalue weighted by molar-refractivity contribution is 7.90. The number of aryl methyl sites for hydroxylation is 2. The lowest BCUT2D eigenvalue weighted by molar-refractivity contribution is 0.155. The Labute approximate surface area is 205 Å². The van der Waals surface area contributed by atoms with E-state index in [2.05, 4.69) is 17.2 Å². The number of carbonyl (C=O) groups excluding carboxylic acids is 1. The molecule has 0 radical (unpaired) electrons. The number of carbonyl (C=O) groups is 1. The molecule has 7 heteroatoms. The molecule has 1 amide bonds. The summed E-state index contributed by atoms with van der Waals surface area (Å²) in [6.07, 6.45) is -0.534. The second-order valence-corrected chi connectivity index (χ2v) is 9.71. The minimum Gasteiger partial charge on any atom is -0.444 e. The van der Waals surface area contributed by atoms with E-state index in [0.29, 0.717) is 22.6 Å². The van der Waals surface area contributed by atoms with Crippen LogP contribution in [0.4, 0.5) is 10.5 Å². The topological polar surface area (TPSA) is 77.4 Å². The first-order valence-electron chi connectivity index (χ1n) is 10.9. The summed E-state index contributed by atoms with van der Waals surface area (Å²) in [6, 6.07) is 26.6. The summed E-state index contributed by atoms with van der Waals surface area (Å²) in [5.41, 5.74) is 4.27. The fourth-order valence-corrected chi connectivity index (χ4v) is 5.08. The lowest BCUT2D eigenvalue weighted by atomic mass is 10.1. The van der Waals surface area contributed by atoms with Gasteiger partial charge in [0.25, 0.3) is 10.0 Å². The average Bonchev–Trinajstić information content (AvgIpc) is 3.21. The van der Waals surface area contributed by atoms with Gasteiger partial charge in [-0.05, 0) is 80.1 Å². The van der Waals surface area contributed by atoms with E-state index in [9.17, 15) is 13.2 Å². The van der Waals surface area contributed by atoms with Gasteiger partial charge in [0.1, 0.15) is 6.61 Å². The van der Waals surface area contributed by atoms with Crippen LogP contribution in [-0.2, 0) is 21.4 Å². The molecule has 0 saturated heterocycles. The number of aromatic nitrogens is 1. The Morgan fingerprint density at radius 2 is 1.34 bits per heavy atom. The molecule has 0 saturated carbocycles. The summed E-state index contributed by atoms with van der Waals surface area (Å²) in [4.78, 5) is 12.2. The van der Waals surface area contributed by atoms with Crippen LogP contribution in [0.2, 0.25) is 0 Å². The van der Waals surface area contributed by atoms with Gasteiger partial charge in [-0.2, -0.15) is 0 Å². The number of benzene rings is 3. The molecule has 4 aromatic rings. The van der Waals surface area contributed by atoms with E-state index in [-0.39, 0.29) is 11.5 Å². The van der Waals surface area contributed by atoms with Gasteiger partial charge in [-0.1, -0.05) is 42.2 Å². The molecule has 0 spiro atoms. The molecule has 4 rings (SSSR count). The van der Waals surface area contributed by atoms with Crippen LogP contribution < -0.4 is 5.32 Å². The Bertz CT molecular complexity index is 1470. The largest absolute Gasteiger partial charge is 0.444 e. The number of rotatable bonds is 5. The van der Waals surface area contributed by atoms with Crippen LogP contribution in [0.5, 0.6) is 0 Å². The third-order valence-electron chi connectivity index (χ3n) is 5.29. The van der Waals surface area contributed by atoms with Crippen molar-refractivity contribution in [1.82, 2.24) is 3.97 Å². The van der Waals surface area contributed by atoms with Gasteiger partial charge in [0.05, 0.1) is 4.90 Å². The van der Waals surface area contributed by atoms with Gasteiger partial charge in [0.2, 0.25) is 0 Å². The van der Waals surface area contributed by atoms with Crippen LogP contribution in [0.1, 0.15) is 28.1 Å². The SMILES string of the molecule is Cc1ccc(C)n1S(=O)(=O)c1ccc(C#Cc2ccc(NC(=O)OCc3ccccc3)cc2)cc1. The van der Waals surface area contributed by atoms with E-state index >= 15 is 0 Å². The maximum absolute atomic E-state index is 12.9. The molecule has 6 nitrogen and oxygen atoms in total. The van der Waals surface area contributed by atoms with E-state index in [1.165, 1.54) is 3.97 Å². The maximum atomic E-state index is 12.9. The number of amides is 1. The number of hydrogen-bond acceptors (Lipinski definition) is 4. The van der Waals surface area contributed by atoms with Crippen LogP contribution in [0.25, 0.3) is 0 Å². The molecule has 35 heavy (non-hydrogen) atoms. The predicted octanol–water partition coefficient (Wildman–Crippen LogP) is 5.49. The van der Waals surface area contributed by atoms with E-state index in [0.717, 1.165) is 11.1 Å². The quantitative estimate of drug-likeness (QED) is 0.380. The molecular formula is C28H24N2O4S. The van der Waals surface area contributed by atoms with Crippen molar-refractivity contribution in [2.24, 2.45) is 0 Å². The first kappa shape index (κ1) is 23.9. The molecule has 0 unspecified atom stereocenters. The minimum absolute atomic E-state index is 0.195. The number of ether oxygens (including phenoxy) is 1. The Balaban J connectivity index is 1.37. The molecule has 0 aliphatic carbocycles. The van der Waals surface area contributed by atoms with E-state index in [1.54, 1.807) is 74.5 Å². The highest BCUT2D eigenvalue weighted by Gasteiger charge is 2.19. The summed E-state index contributed by atoms with van der Waals surface area (Å²) >= 11 is 0. The van der Waals surface area contributed by atoms with Crippen molar-refractivity contribution >= 4 is 21.8 Å². The molecule has 1 N–H and O–H groups in total. The maximum Gasteiger partial charge on any atom is 0.411 e. The molecular weight excluding hydrogens is 460 g/mol. The van der Waals surface area contributed by atoms with Gasteiger partial charge in [-0.25, -0.2) is 17.2 Å². The van der Waals surface area contributed by atoms with Gasteiger partial charge >= 0.3 is 6.09 Å². The third kappa shape index (κ3) is 5.81. The summed E-state index contributed by atoms with van der Waals surface area (Å²) < 4.78 is 32.4. The van der Waals surface area contributed by atoms with Gasteiger partial charge < -0.3 is 4.74 Å². The molecule has 0 fully saturated rings. The summed E-state index contributed by atoms with van der Waals surface area (Å²) in [5.74, 6) is 6.08. The molecule has 0 bridgehead atoms. The third-order valence-corrected chi connectivity index (χ3v) is 7.22. The second kappa shape index (κ2) is 10.3. The number of nitrogens with zero attached hydrogens (tertiary/aromatic N) is 1. The molecule has 0 atom stereocenters. The van der Waals surface area contributed by atoms with Crippen LogP contribution in [0.3, 0.4) is 0 Å². The van der Waals surface area contributed by atoms with Gasteiger partial charge in [0, 0.05) is 28.2 Å². The minimum atomic E-state index is -3.65. The fourth-order valence-electron chi connectivity index (χ4n) is 3.51. The van der Waals surface area contributed by atoms with Gasteiger partial charge in [0.15, 0.2) is 0 Å². The van der Waals surface area contributed by atoms with Crippen LogP contribution in [0, 0.1) is 25.7 Å². The van der Waals surface area contributed by atoms with Crippen molar-refractivity contribution in [3.63, 3.8) is 0 Å². The van der Waals surface area contributed by atoms with Crippen LogP contribution >= 0.6 is 0 Å². The first-order valence-corrected chi connectivity index (χ1v) is 12.4. The fraction of sp³-hybridized carbons (Fsp3) is 0.107. The Morgan fingerprint density at radius 1 is 0.800 bits per heavy atom. The zero-order valence-electron chi connectivity index (χ0n) is 19.4.